The number of allylic oxidation sites excluding steroid dienone is 1. The third-order valence-electron chi connectivity index (χ3n) is 5.97. The molecule has 9 heteroatoms. The van der Waals surface area contributed by atoms with Crippen LogP contribution in [0.4, 0.5) is 0 Å². The lowest BCUT2D eigenvalue weighted by Gasteiger charge is -2.20. The van der Waals surface area contributed by atoms with Gasteiger partial charge < -0.3 is 25.1 Å². The monoisotopic (exact) mass is 492 g/mol. The van der Waals surface area contributed by atoms with E-state index in [1.807, 2.05) is 61.7 Å². The highest BCUT2D eigenvalue weighted by Gasteiger charge is 2.19. The molecule has 1 aliphatic heterocycles. The van der Waals surface area contributed by atoms with Crippen molar-refractivity contribution in [1.82, 2.24) is 20.7 Å². The van der Waals surface area contributed by atoms with Gasteiger partial charge in [-0.1, -0.05) is 36.4 Å². The van der Waals surface area contributed by atoms with E-state index in [1.165, 1.54) is 5.06 Å². The van der Waals surface area contributed by atoms with Crippen LogP contribution in [-0.2, 0) is 32.0 Å². The molecule has 4 rings (SSSR count). The van der Waals surface area contributed by atoms with Crippen LogP contribution in [0.3, 0.4) is 0 Å². The quantitative estimate of drug-likeness (QED) is 0.359. The Morgan fingerprint density at radius 2 is 1.92 bits per heavy atom. The lowest BCUT2D eigenvalue weighted by molar-refractivity contribution is -0.162. The highest BCUT2D eigenvalue weighted by Crippen LogP contribution is 2.20. The number of aromatic amines is 1. The van der Waals surface area contributed by atoms with Crippen molar-refractivity contribution < 1.29 is 23.9 Å². The SMILES string of the molecule is COc1ccccc1CCC(=O)NCC(Cc1c[nH]c2ccccc12)NC(=O)CON1C=C(C)OC1. The molecule has 0 fully saturated rings. The number of nitrogens with one attached hydrogen (secondary N) is 3. The molecule has 3 N–H and O–H groups in total. The molecule has 0 aliphatic carbocycles. The summed E-state index contributed by atoms with van der Waals surface area (Å²) in [6.07, 6.45) is 5.07. The molecule has 3 aromatic rings. The summed E-state index contributed by atoms with van der Waals surface area (Å²) in [6, 6.07) is 15.3. The summed E-state index contributed by atoms with van der Waals surface area (Å²) in [5.41, 5.74) is 3.07. The highest BCUT2D eigenvalue weighted by molar-refractivity contribution is 5.83. The minimum Gasteiger partial charge on any atom is -0.496 e. The lowest BCUT2D eigenvalue weighted by Crippen LogP contribution is -2.46. The van der Waals surface area contributed by atoms with Gasteiger partial charge in [0.05, 0.1) is 19.4 Å². The molecule has 1 aromatic heterocycles. The van der Waals surface area contributed by atoms with Crippen LogP contribution in [0.15, 0.2) is 66.7 Å². The van der Waals surface area contributed by atoms with Crippen LogP contribution in [0, 0.1) is 0 Å². The van der Waals surface area contributed by atoms with Crippen molar-refractivity contribution in [1.29, 1.82) is 0 Å². The third-order valence-corrected chi connectivity index (χ3v) is 5.97. The summed E-state index contributed by atoms with van der Waals surface area (Å²) in [6.45, 7) is 2.21. The van der Waals surface area contributed by atoms with Crippen molar-refractivity contribution >= 4 is 22.7 Å². The number of rotatable bonds is 12. The summed E-state index contributed by atoms with van der Waals surface area (Å²) in [5, 5.41) is 8.54. The zero-order chi connectivity index (χ0) is 25.3. The van der Waals surface area contributed by atoms with Crippen molar-refractivity contribution in [3.63, 3.8) is 0 Å². The van der Waals surface area contributed by atoms with Gasteiger partial charge in [0.15, 0.2) is 13.3 Å². The molecular formula is C27H32N4O5. The summed E-state index contributed by atoms with van der Waals surface area (Å²) < 4.78 is 10.7. The second kappa shape index (κ2) is 12.1. The first-order valence-electron chi connectivity index (χ1n) is 12.0. The maximum Gasteiger partial charge on any atom is 0.249 e. The first-order valence-corrected chi connectivity index (χ1v) is 12.0. The molecule has 2 amide bonds. The molecule has 1 unspecified atom stereocenters. The van der Waals surface area contributed by atoms with Gasteiger partial charge in [-0.3, -0.25) is 14.4 Å². The molecule has 2 heterocycles. The number of carbonyl (C=O) groups is 2. The van der Waals surface area contributed by atoms with E-state index in [-0.39, 0.29) is 31.2 Å². The summed E-state index contributed by atoms with van der Waals surface area (Å²) in [5.74, 6) is 1.12. The molecule has 0 saturated heterocycles. The Morgan fingerprint density at radius 1 is 1.11 bits per heavy atom. The average Bonchev–Trinajstić information content (AvgIpc) is 3.50. The maximum absolute atomic E-state index is 12.7. The molecule has 2 aromatic carbocycles. The van der Waals surface area contributed by atoms with Gasteiger partial charge in [0.25, 0.3) is 0 Å². The van der Waals surface area contributed by atoms with E-state index in [1.54, 1.807) is 13.3 Å². The molecule has 1 aliphatic rings. The van der Waals surface area contributed by atoms with Gasteiger partial charge >= 0.3 is 0 Å². The number of benzene rings is 2. The van der Waals surface area contributed by atoms with Crippen LogP contribution < -0.4 is 15.4 Å². The molecular weight excluding hydrogens is 460 g/mol. The minimum absolute atomic E-state index is 0.0924. The number of fused-ring (bicyclic) bond motifs is 1. The normalized spacial score (nSPS) is 13.7. The van der Waals surface area contributed by atoms with Gasteiger partial charge in [-0.2, -0.15) is 0 Å². The number of aromatic nitrogens is 1. The minimum atomic E-state index is -0.317. The fraction of sp³-hybridized carbons (Fsp3) is 0.333. The lowest BCUT2D eigenvalue weighted by atomic mass is 10.0. The van der Waals surface area contributed by atoms with Gasteiger partial charge in [0.2, 0.25) is 11.8 Å². The van der Waals surface area contributed by atoms with E-state index in [9.17, 15) is 9.59 Å². The van der Waals surface area contributed by atoms with E-state index in [2.05, 4.69) is 15.6 Å². The average molecular weight is 493 g/mol. The predicted molar refractivity (Wildman–Crippen MR) is 136 cm³/mol. The van der Waals surface area contributed by atoms with E-state index in [4.69, 9.17) is 14.3 Å². The third kappa shape index (κ3) is 6.79. The van der Waals surface area contributed by atoms with Crippen molar-refractivity contribution in [3.05, 3.63) is 77.8 Å². The van der Waals surface area contributed by atoms with Crippen LogP contribution in [0.1, 0.15) is 24.5 Å². The molecule has 1 atom stereocenters. The van der Waals surface area contributed by atoms with Gasteiger partial charge in [0, 0.05) is 30.1 Å². The second-order valence-corrected chi connectivity index (χ2v) is 8.65. The Hall–Kier alpha value is -3.98. The number of ether oxygens (including phenoxy) is 2. The fourth-order valence-corrected chi connectivity index (χ4v) is 4.15. The van der Waals surface area contributed by atoms with Crippen molar-refractivity contribution in [2.24, 2.45) is 0 Å². The summed E-state index contributed by atoms with van der Waals surface area (Å²) in [4.78, 5) is 34.0. The molecule has 0 spiro atoms. The van der Waals surface area contributed by atoms with Gasteiger partial charge in [-0.15, -0.1) is 0 Å². The number of H-pyrrole nitrogens is 1. The Balaban J connectivity index is 1.35. The number of aryl methyl sites for hydroxylation is 1. The largest absolute Gasteiger partial charge is 0.496 e. The van der Waals surface area contributed by atoms with Crippen LogP contribution >= 0.6 is 0 Å². The number of carbonyl (C=O) groups excluding carboxylic acids is 2. The number of amides is 2. The van der Waals surface area contributed by atoms with Gasteiger partial charge in [-0.25, -0.2) is 5.06 Å². The first-order chi connectivity index (χ1) is 17.5. The Labute approximate surface area is 210 Å². The van der Waals surface area contributed by atoms with Crippen molar-refractivity contribution in [2.45, 2.75) is 32.2 Å². The van der Waals surface area contributed by atoms with Crippen LogP contribution in [0.25, 0.3) is 10.9 Å². The molecule has 0 bridgehead atoms. The molecule has 0 radical (unpaired) electrons. The van der Waals surface area contributed by atoms with E-state index in [0.717, 1.165) is 33.5 Å². The van der Waals surface area contributed by atoms with Crippen molar-refractivity contribution in [2.75, 3.05) is 27.0 Å². The van der Waals surface area contributed by atoms with E-state index >= 15 is 0 Å². The number of nitrogens with zero attached hydrogens (tertiary/aromatic N) is 1. The standard InChI is InChI=1S/C27H32N4O5/c1-19-16-31(18-35-19)36-17-27(33)30-22(13-21-14-28-24-9-5-4-8-23(21)24)15-29-26(32)12-11-20-7-3-6-10-25(20)34-2/h3-10,14,16,22,28H,11-13,15,17-18H2,1-2H3,(H,29,32)(H,30,33). The number of methoxy groups -OCH3 is 1. The summed E-state index contributed by atoms with van der Waals surface area (Å²) >= 11 is 0. The zero-order valence-corrected chi connectivity index (χ0v) is 20.6. The summed E-state index contributed by atoms with van der Waals surface area (Å²) in [7, 11) is 1.62. The first kappa shape index (κ1) is 25.1. The molecule has 190 valence electrons. The predicted octanol–water partition coefficient (Wildman–Crippen LogP) is 3.04. The topological polar surface area (TPSA) is 105 Å². The van der Waals surface area contributed by atoms with Crippen LogP contribution in [-0.4, -0.2) is 54.9 Å². The number of hydrogen-bond acceptors (Lipinski definition) is 6. The fourth-order valence-electron chi connectivity index (χ4n) is 4.15. The number of para-hydroxylation sites is 2. The van der Waals surface area contributed by atoms with Gasteiger partial charge in [0.1, 0.15) is 11.5 Å². The molecule has 9 nitrogen and oxygen atoms in total. The highest BCUT2D eigenvalue weighted by atomic mass is 16.7. The van der Waals surface area contributed by atoms with Crippen LogP contribution in [0.2, 0.25) is 0 Å². The smallest absolute Gasteiger partial charge is 0.249 e. The van der Waals surface area contributed by atoms with E-state index in [0.29, 0.717) is 25.8 Å². The Morgan fingerprint density at radius 3 is 2.72 bits per heavy atom. The van der Waals surface area contributed by atoms with Crippen LogP contribution in [0.5, 0.6) is 5.75 Å². The van der Waals surface area contributed by atoms with Crippen molar-refractivity contribution in [3.8, 4) is 5.75 Å². The maximum atomic E-state index is 12.7. The number of hydrogen-bond donors (Lipinski definition) is 3. The Kier molecular flexibility index (Phi) is 8.46. The Bertz CT molecular complexity index is 1220. The number of hydroxylamine groups is 2. The molecule has 0 saturated carbocycles. The molecule has 36 heavy (non-hydrogen) atoms. The second-order valence-electron chi connectivity index (χ2n) is 8.65. The van der Waals surface area contributed by atoms with Gasteiger partial charge in [-0.05, 0) is 43.0 Å². The zero-order valence-electron chi connectivity index (χ0n) is 20.6. The van der Waals surface area contributed by atoms with E-state index < -0.39 is 0 Å².